The smallest absolute Gasteiger partial charge is 0.0572 e. The van der Waals surface area contributed by atoms with Gasteiger partial charge >= 0.3 is 0 Å². The molecule has 3 N–H and O–H groups in total. The molecule has 1 aromatic rings. The zero-order valence-electron chi connectivity index (χ0n) is 10.6. The van der Waals surface area contributed by atoms with Crippen LogP contribution >= 0.6 is 24.8 Å². The molecule has 1 aliphatic rings. The number of hydrogen-bond donors (Lipinski definition) is 2. The van der Waals surface area contributed by atoms with Gasteiger partial charge in [0.1, 0.15) is 0 Å². The van der Waals surface area contributed by atoms with Crippen molar-refractivity contribution in [1.82, 2.24) is 4.98 Å². The Balaban J connectivity index is 0.00000144. The monoisotopic (exact) mass is 291 g/mol. The minimum Gasteiger partial charge on any atom is -0.383 e. The van der Waals surface area contributed by atoms with Crippen molar-refractivity contribution in [2.75, 3.05) is 11.9 Å². The lowest BCUT2D eigenvalue weighted by molar-refractivity contribution is 0.373. The Bertz CT molecular complexity index is 328. The molecule has 0 amide bonds. The summed E-state index contributed by atoms with van der Waals surface area (Å²) in [7, 11) is 0. The highest BCUT2D eigenvalue weighted by Crippen LogP contribution is 2.24. The van der Waals surface area contributed by atoms with Gasteiger partial charge in [-0.2, -0.15) is 0 Å². The summed E-state index contributed by atoms with van der Waals surface area (Å²) in [4.78, 5) is 4.14. The van der Waals surface area contributed by atoms with Crippen molar-refractivity contribution in [3.8, 4) is 0 Å². The average Bonchev–Trinajstić information content (AvgIpc) is 2.38. The second-order valence-corrected chi connectivity index (χ2v) is 4.62. The van der Waals surface area contributed by atoms with E-state index < -0.39 is 0 Å². The summed E-state index contributed by atoms with van der Waals surface area (Å²) in [5.41, 5.74) is 7.96. The highest BCUT2D eigenvalue weighted by atomic mass is 35.5. The molecule has 0 bridgehead atoms. The summed E-state index contributed by atoms with van der Waals surface area (Å²) in [5.74, 6) is 0.833. The van der Waals surface area contributed by atoms with Crippen LogP contribution in [-0.4, -0.2) is 11.5 Å². The fourth-order valence-corrected chi connectivity index (χ4v) is 2.41. The highest BCUT2D eigenvalue weighted by molar-refractivity contribution is 5.85. The highest BCUT2D eigenvalue weighted by Gasteiger charge is 2.13. The Labute approximate surface area is 122 Å². The normalized spacial score (nSPS) is 15.4. The Morgan fingerprint density at radius 3 is 2.61 bits per heavy atom. The standard InChI is InChI=1S/C13H21N3.2ClH/c14-8-12-6-7-15-10-13(12)16-9-11-4-2-1-3-5-11;;/h6-7,10-11,16H,1-5,8-9,14H2;2*1H. The van der Waals surface area contributed by atoms with Crippen LogP contribution in [0.2, 0.25) is 0 Å². The van der Waals surface area contributed by atoms with E-state index in [2.05, 4.69) is 10.3 Å². The fraction of sp³-hybridized carbons (Fsp3) is 0.615. The Kier molecular flexibility index (Phi) is 9.16. The second-order valence-electron chi connectivity index (χ2n) is 4.62. The minimum atomic E-state index is 0. The van der Waals surface area contributed by atoms with Crippen molar-refractivity contribution < 1.29 is 0 Å². The molecule has 0 spiro atoms. The molecular formula is C13H23Cl2N3. The van der Waals surface area contributed by atoms with Crippen molar-refractivity contribution in [3.63, 3.8) is 0 Å². The summed E-state index contributed by atoms with van der Waals surface area (Å²) < 4.78 is 0. The summed E-state index contributed by atoms with van der Waals surface area (Å²) in [6.45, 7) is 1.65. The third-order valence-electron chi connectivity index (χ3n) is 3.44. The zero-order valence-corrected chi connectivity index (χ0v) is 12.2. The van der Waals surface area contributed by atoms with Gasteiger partial charge in [-0.3, -0.25) is 4.98 Å². The molecule has 0 saturated heterocycles. The Morgan fingerprint density at radius 1 is 1.22 bits per heavy atom. The maximum Gasteiger partial charge on any atom is 0.0572 e. The molecule has 104 valence electrons. The first-order valence-corrected chi connectivity index (χ1v) is 6.27. The Morgan fingerprint density at radius 2 is 1.94 bits per heavy atom. The van der Waals surface area contributed by atoms with Gasteiger partial charge in [0.25, 0.3) is 0 Å². The summed E-state index contributed by atoms with van der Waals surface area (Å²) in [5, 5.41) is 3.49. The first-order valence-electron chi connectivity index (χ1n) is 6.27. The predicted molar refractivity (Wildman–Crippen MR) is 81.7 cm³/mol. The van der Waals surface area contributed by atoms with Crippen LogP contribution in [0.4, 0.5) is 5.69 Å². The van der Waals surface area contributed by atoms with Crippen LogP contribution in [-0.2, 0) is 6.54 Å². The number of nitrogens with zero attached hydrogens (tertiary/aromatic N) is 1. The molecule has 18 heavy (non-hydrogen) atoms. The lowest BCUT2D eigenvalue weighted by atomic mass is 9.89. The van der Waals surface area contributed by atoms with E-state index in [1.54, 1.807) is 6.20 Å². The average molecular weight is 292 g/mol. The second kappa shape index (κ2) is 9.42. The van der Waals surface area contributed by atoms with Crippen LogP contribution in [0.25, 0.3) is 0 Å². The molecule has 0 aromatic carbocycles. The van der Waals surface area contributed by atoms with Crippen LogP contribution in [0.3, 0.4) is 0 Å². The fourth-order valence-electron chi connectivity index (χ4n) is 2.41. The lowest BCUT2D eigenvalue weighted by Crippen LogP contribution is -2.18. The number of halogens is 2. The van der Waals surface area contributed by atoms with Gasteiger partial charge in [-0.15, -0.1) is 24.8 Å². The molecule has 0 unspecified atom stereocenters. The van der Waals surface area contributed by atoms with Gasteiger partial charge in [0.05, 0.1) is 11.9 Å². The van der Waals surface area contributed by atoms with Gasteiger partial charge in [-0.25, -0.2) is 0 Å². The van der Waals surface area contributed by atoms with Crippen molar-refractivity contribution in [1.29, 1.82) is 0 Å². The molecule has 1 aliphatic carbocycles. The van der Waals surface area contributed by atoms with E-state index in [4.69, 9.17) is 5.73 Å². The number of nitrogens with one attached hydrogen (secondary N) is 1. The third kappa shape index (κ3) is 5.01. The Hall–Kier alpha value is -0.510. The molecule has 0 atom stereocenters. The van der Waals surface area contributed by atoms with Gasteiger partial charge in [0, 0.05) is 19.3 Å². The SMILES string of the molecule is Cl.Cl.NCc1ccncc1NCC1CCCCC1. The number of pyridine rings is 1. The van der Waals surface area contributed by atoms with Crippen LogP contribution in [0.5, 0.6) is 0 Å². The van der Waals surface area contributed by atoms with E-state index in [-0.39, 0.29) is 24.8 Å². The minimum absolute atomic E-state index is 0. The number of nitrogens with two attached hydrogens (primary N) is 1. The summed E-state index contributed by atoms with van der Waals surface area (Å²) in [6.07, 6.45) is 10.6. The lowest BCUT2D eigenvalue weighted by Gasteiger charge is -2.22. The summed E-state index contributed by atoms with van der Waals surface area (Å²) in [6, 6.07) is 1.99. The van der Waals surface area contributed by atoms with Crippen LogP contribution < -0.4 is 11.1 Å². The third-order valence-corrected chi connectivity index (χ3v) is 3.44. The molecule has 0 radical (unpaired) electrons. The van der Waals surface area contributed by atoms with E-state index in [0.717, 1.165) is 23.7 Å². The molecule has 1 aromatic heterocycles. The quantitative estimate of drug-likeness (QED) is 0.894. The van der Waals surface area contributed by atoms with E-state index >= 15 is 0 Å². The van der Waals surface area contributed by atoms with Gasteiger partial charge in [-0.1, -0.05) is 19.3 Å². The van der Waals surface area contributed by atoms with E-state index in [0.29, 0.717) is 6.54 Å². The maximum absolute atomic E-state index is 5.69. The molecule has 2 rings (SSSR count). The molecule has 1 fully saturated rings. The van der Waals surface area contributed by atoms with E-state index in [9.17, 15) is 0 Å². The van der Waals surface area contributed by atoms with Crippen molar-refractivity contribution in [2.24, 2.45) is 11.7 Å². The number of rotatable bonds is 4. The number of anilines is 1. The van der Waals surface area contributed by atoms with Gasteiger partial charge in [0.15, 0.2) is 0 Å². The zero-order chi connectivity index (χ0) is 11.2. The van der Waals surface area contributed by atoms with Gasteiger partial charge in [-0.05, 0) is 30.4 Å². The van der Waals surface area contributed by atoms with Gasteiger partial charge < -0.3 is 11.1 Å². The summed E-state index contributed by atoms with van der Waals surface area (Å²) >= 11 is 0. The molecule has 3 nitrogen and oxygen atoms in total. The van der Waals surface area contributed by atoms with Crippen molar-refractivity contribution in [2.45, 2.75) is 38.6 Å². The van der Waals surface area contributed by atoms with Crippen LogP contribution in [0.1, 0.15) is 37.7 Å². The molecule has 1 saturated carbocycles. The van der Waals surface area contributed by atoms with Crippen LogP contribution in [0.15, 0.2) is 18.5 Å². The first kappa shape index (κ1) is 17.5. The predicted octanol–water partition coefficient (Wildman–Crippen LogP) is 3.38. The van der Waals surface area contributed by atoms with E-state index in [1.165, 1.54) is 32.1 Å². The largest absolute Gasteiger partial charge is 0.383 e. The molecule has 0 aliphatic heterocycles. The van der Waals surface area contributed by atoms with E-state index in [1.807, 2.05) is 12.3 Å². The van der Waals surface area contributed by atoms with Crippen molar-refractivity contribution in [3.05, 3.63) is 24.0 Å². The number of hydrogen-bond acceptors (Lipinski definition) is 3. The van der Waals surface area contributed by atoms with Gasteiger partial charge in [0.2, 0.25) is 0 Å². The topological polar surface area (TPSA) is 50.9 Å². The first-order chi connectivity index (χ1) is 7.90. The molecular weight excluding hydrogens is 269 g/mol. The maximum atomic E-state index is 5.69. The van der Waals surface area contributed by atoms with Crippen LogP contribution in [0, 0.1) is 5.92 Å². The molecule has 1 heterocycles. The molecule has 5 heteroatoms. The number of aromatic nitrogens is 1. The van der Waals surface area contributed by atoms with Crippen molar-refractivity contribution >= 4 is 30.5 Å².